The van der Waals surface area contributed by atoms with Crippen LogP contribution in [0, 0.1) is 0 Å². The topological polar surface area (TPSA) is 121 Å². The number of aliphatic hydroxyl groups excluding tert-OH is 1. The lowest BCUT2D eigenvalue weighted by Crippen LogP contribution is -2.30. The molecule has 0 aromatic heterocycles. The van der Waals surface area contributed by atoms with E-state index in [9.17, 15) is 14.7 Å². The number of aliphatic carboxylic acids is 2. The number of unbranched alkanes of at least 4 members (excludes halogenated alkanes) is 13. The Bertz CT molecular complexity index is 403. The van der Waals surface area contributed by atoms with Crippen LogP contribution in [0.3, 0.4) is 0 Å². The second-order valence-electron chi connectivity index (χ2n) is 8.70. The molecule has 0 saturated heterocycles. The second-order valence-corrected chi connectivity index (χ2v) is 8.70. The number of carbonyl (C=O) groups is 2. The summed E-state index contributed by atoms with van der Waals surface area (Å²) in [6.07, 6.45) is 22.1. The SMILES string of the molecule is CCCCCCCCCCCC(O)CCCCCCCC.N[C@@H](CCC(=O)O)C(=O)O. The number of nitrogens with two attached hydrogens (primary N) is 1. The van der Waals surface area contributed by atoms with Gasteiger partial charge in [0.05, 0.1) is 6.10 Å². The van der Waals surface area contributed by atoms with Crippen LogP contribution in [0.1, 0.15) is 136 Å². The molecule has 5 N–H and O–H groups in total. The van der Waals surface area contributed by atoms with Crippen molar-refractivity contribution in [3.8, 4) is 0 Å². The molecule has 0 radical (unpaired) electrons. The van der Waals surface area contributed by atoms with Gasteiger partial charge in [0.1, 0.15) is 6.04 Å². The highest BCUT2D eigenvalue weighted by Gasteiger charge is 2.12. The van der Waals surface area contributed by atoms with E-state index < -0.39 is 18.0 Å². The third kappa shape index (κ3) is 28.9. The largest absolute Gasteiger partial charge is 0.481 e. The van der Waals surface area contributed by atoms with E-state index in [0.29, 0.717) is 0 Å². The molecule has 0 amide bonds. The van der Waals surface area contributed by atoms with Crippen LogP contribution in [0.15, 0.2) is 0 Å². The first-order chi connectivity index (χ1) is 14.8. The maximum Gasteiger partial charge on any atom is 0.320 e. The van der Waals surface area contributed by atoms with E-state index in [1.54, 1.807) is 0 Å². The molecular formula is C25H51NO5. The highest BCUT2D eigenvalue weighted by atomic mass is 16.4. The van der Waals surface area contributed by atoms with Gasteiger partial charge in [-0.3, -0.25) is 9.59 Å². The molecule has 1 unspecified atom stereocenters. The molecule has 6 heteroatoms. The molecule has 0 aliphatic heterocycles. The fourth-order valence-corrected chi connectivity index (χ4v) is 3.40. The Balaban J connectivity index is 0. The Morgan fingerprint density at radius 3 is 1.32 bits per heavy atom. The van der Waals surface area contributed by atoms with Gasteiger partial charge in [0.2, 0.25) is 0 Å². The lowest BCUT2D eigenvalue weighted by atomic mass is 10.0. The van der Waals surface area contributed by atoms with E-state index in [2.05, 4.69) is 13.8 Å². The van der Waals surface area contributed by atoms with E-state index in [4.69, 9.17) is 15.9 Å². The van der Waals surface area contributed by atoms with Gasteiger partial charge in [-0.2, -0.15) is 0 Å². The van der Waals surface area contributed by atoms with Crippen LogP contribution in [0.25, 0.3) is 0 Å². The molecule has 186 valence electrons. The number of hydrogen-bond acceptors (Lipinski definition) is 4. The zero-order chi connectivity index (χ0) is 23.7. The van der Waals surface area contributed by atoms with Crippen LogP contribution in [-0.2, 0) is 9.59 Å². The number of aliphatic hydroxyl groups is 1. The lowest BCUT2D eigenvalue weighted by Gasteiger charge is -2.10. The van der Waals surface area contributed by atoms with Gasteiger partial charge in [-0.1, -0.05) is 110 Å². The molecule has 0 aromatic carbocycles. The molecule has 0 bridgehead atoms. The van der Waals surface area contributed by atoms with Gasteiger partial charge in [-0.25, -0.2) is 0 Å². The van der Waals surface area contributed by atoms with Gasteiger partial charge in [-0.05, 0) is 19.3 Å². The molecule has 0 saturated carbocycles. The standard InChI is InChI=1S/C20H42O.C5H9NO4/c1-3-5-7-9-11-12-13-15-17-19-20(21)18-16-14-10-8-6-4-2;6-3(5(9)10)1-2-4(7)8/h20-21H,3-19H2,1-2H3;3H,1-2,6H2,(H,7,8)(H,9,10)/t;3-/m.0/s1. The van der Waals surface area contributed by atoms with E-state index in [0.717, 1.165) is 12.8 Å². The monoisotopic (exact) mass is 445 g/mol. The van der Waals surface area contributed by atoms with Gasteiger partial charge >= 0.3 is 11.9 Å². The molecule has 0 spiro atoms. The van der Waals surface area contributed by atoms with E-state index in [1.807, 2.05) is 0 Å². The van der Waals surface area contributed by atoms with Crippen molar-refractivity contribution in [2.75, 3.05) is 0 Å². The summed E-state index contributed by atoms with van der Waals surface area (Å²) >= 11 is 0. The van der Waals surface area contributed by atoms with Crippen molar-refractivity contribution >= 4 is 11.9 Å². The third-order valence-corrected chi connectivity index (χ3v) is 5.52. The molecule has 0 heterocycles. The Morgan fingerprint density at radius 1 is 0.645 bits per heavy atom. The van der Waals surface area contributed by atoms with Crippen molar-refractivity contribution in [2.24, 2.45) is 5.73 Å². The fourth-order valence-electron chi connectivity index (χ4n) is 3.40. The molecule has 0 aliphatic carbocycles. The summed E-state index contributed by atoms with van der Waals surface area (Å²) in [5, 5.41) is 26.2. The predicted octanol–water partition coefficient (Wildman–Crippen LogP) is 6.28. The molecule has 6 nitrogen and oxygen atoms in total. The average molecular weight is 446 g/mol. The fraction of sp³-hybridized carbons (Fsp3) is 0.920. The second kappa shape index (κ2) is 25.1. The Labute approximate surface area is 191 Å². The van der Waals surface area contributed by atoms with E-state index in [-0.39, 0.29) is 18.9 Å². The van der Waals surface area contributed by atoms with Gasteiger partial charge in [0.15, 0.2) is 0 Å². The van der Waals surface area contributed by atoms with Gasteiger partial charge in [-0.15, -0.1) is 0 Å². The zero-order valence-electron chi connectivity index (χ0n) is 20.3. The summed E-state index contributed by atoms with van der Waals surface area (Å²) in [5.41, 5.74) is 5.00. The Morgan fingerprint density at radius 2 is 1.00 bits per heavy atom. The summed E-state index contributed by atoms with van der Waals surface area (Å²) in [4.78, 5) is 19.9. The third-order valence-electron chi connectivity index (χ3n) is 5.52. The van der Waals surface area contributed by atoms with Gasteiger partial charge < -0.3 is 21.1 Å². The van der Waals surface area contributed by atoms with Crippen LogP contribution >= 0.6 is 0 Å². The van der Waals surface area contributed by atoms with Crippen LogP contribution < -0.4 is 5.73 Å². The summed E-state index contributed by atoms with van der Waals surface area (Å²) in [7, 11) is 0. The number of rotatable bonds is 21. The van der Waals surface area contributed by atoms with Gasteiger partial charge in [0, 0.05) is 6.42 Å². The Hall–Kier alpha value is -1.14. The van der Waals surface area contributed by atoms with E-state index >= 15 is 0 Å². The summed E-state index contributed by atoms with van der Waals surface area (Å²) < 4.78 is 0. The van der Waals surface area contributed by atoms with Crippen molar-refractivity contribution in [1.29, 1.82) is 0 Å². The van der Waals surface area contributed by atoms with Crippen LogP contribution in [0.2, 0.25) is 0 Å². The molecule has 0 fully saturated rings. The number of carboxylic acid groups (broad SMARTS) is 2. The normalized spacial score (nSPS) is 12.6. The first-order valence-corrected chi connectivity index (χ1v) is 12.7. The summed E-state index contributed by atoms with van der Waals surface area (Å²) in [6, 6.07) is -1.06. The molecule has 0 aromatic rings. The predicted molar refractivity (Wildman–Crippen MR) is 128 cm³/mol. The molecular weight excluding hydrogens is 394 g/mol. The molecule has 0 rings (SSSR count). The van der Waals surface area contributed by atoms with Crippen molar-refractivity contribution < 1.29 is 24.9 Å². The van der Waals surface area contributed by atoms with Crippen molar-refractivity contribution in [3.63, 3.8) is 0 Å². The van der Waals surface area contributed by atoms with Crippen molar-refractivity contribution in [1.82, 2.24) is 0 Å². The Kier molecular flexibility index (Phi) is 26.0. The van der Waals surface area contributed by atoms with Crippen molar-refractivity contribution in [2.45, 2.75) is 148 Å². The molecule has 31 heavy (non-hydrogen) atoms. The zero-order valence-corrected chi connectivity index (χ0v) is 20.3. The highest BCUT2D eigenvalue weighted by Crippen LogP contribution is 2.14. The quantitative estimate of drug-likeness (QED) is 0.154. The minimum Gasteiger partial charge on any atom is -0.481 e. The average Bonchev–Trinajstić information content (AvgIpc) is 2.73. The summed E-state index contributed by atoms with van der Waals surface area (Å²) in [6.45, 7) is 4.53. The summed E-state index contributed by atoms with van der Waals surface area (Å²) in [5.74, 6) is -2.20. The first kappa shape index (κ1) is 32.0. The maximum absolute atomic E-state index is 9.99. The lowest BCUT2D eigenvalue weighted by molar-refractivity contribution is -0.139. The highest BCUT2D eigenvalue weighted by molar-refractivity contribution is 5.74. The smallest absolute Gasteiger partial charge is 0.320 e. The van der Waals surface area contributed by atoms with Crippen LogP contribution in [-0.4, -0.2) is 39.4 Å². The molecule has 0 aliphatic rings. The molecule has 2 atom stereocenters. The number of carboxylic acids is 2. The van der Waals surface area contributed by atoms with Crippen LogP contribution in [0.4, 0.5) is 0 Å². The first-order valence-electron chi connectivity index (χ1n) is 12.7. The van der Waals surface area contributed by atoms with Crippen LogP contribution in [0.5, 0.6) is 0 Å². The minimum atomic E-state index is -1.17. The minimum absolute atomic E-state index is 0.0231. The van der Waals surface area contributed by atoms with Crippen molar-refractivity contribution in [3.05, 3.63) is 0 Å². The maximum atomic E-state index is 9.99. The van der Waals surface area contributed by atoms with Gasteiger partial charge in [0.25, 0.3) is 0 Å². The number of hydrogen-bond donors (Lipinski definition) is 4. The van der Waals surface area contributed by atoms with E-state index in [1.165, 1.54) is 96.3 Å².